The molecule has 23 nitrogen and oxygen atoms in total. The minimum Gasteiger partial charge on any atom is -0.473 e. The Kier molecular flexibility index (Phi) is 25.3. The number of likely N-dealkylation sites (tertiary alicyclic amines) is 2. The predicted molar refractivity (Wildman–Crippen MR) is 235 cm³/mol. The number of hydrogen-bond donors (Lipinski definition) is 4. The normalized spacial score (nSPS) is 24.0. The first-order chi connectivity index (χ1) is 31.2. The highest BCUT2D eigenvalue weighted by Crippen LogP contribution is 2.33. The van der Waals surface area contributed by atoms with Crippen LogP contribution in [0.15, 0.2) is 0 Å². The number of carboxylic acid groups (broad SMARTS) is 2. The number of amides is 2. The van der Waals surface area contributed by atoms with Gasteiger partial charge in [-0.15, -0.1) is 0 Å². The lowest BCUT2D eigenvalue weighted by Gasteiger charge is -2.34. The molecular formula is C44H74N4O19. The Morgan fingerprint density at radius 2 is 1.06 bits per heavy atom. The molecule has 0 aromatic carbocycles. The molecule has 0 aromatic heterocycles. The van der Waals surface area contributed by atoms with Crippen LogP contribution in [0.3, 0.4) is 0 Å². The first-order valence-corrected chi connectivity index (χ1v) is 22.1. The number of nitrogens with zero attached hydrogens (tertiary/aromatic N) is 2. The van der Waals surface area contributed by atoms with E-state index in [1.54, 1.807) is 41.5 Å². The summed E-state index contributed by atoms with van der Waals surface area (Å²) in [4.78, 5) is 105. The van der Waals surface area contributed by atoms with Crippen LogP contribution in [0.4, 0.5) is 9.59 Å². The molecule has 2 amide bonds. The van der Waals surface area contributed by atoms with E-state index >= 15 is 0 Å². The van der Waals surface area contributed by atoms with Gasteiger partial charge in [-0.3, -0.25) is 19.4 Å². The maximum atomic E-state index is 12.9. The van der Waals surface area contributed by atoms with E-state index < -0.39 is 77.5 Å². The van der Waals surface area contributed by atoms with Crippen molar-refractivity contribution in [2.24, 2.45) is 29.4 Å². The molecule has 67 heavy (non-hydrogen) atoms. The zero-order valence-corrected chi connectivity index (χ0v) is 40.9. The maximum Gasteiger partial charge on any atom is 0.414 e. The molecule has 4 aliphatic heterocycles. The summed E-state index contributed by atoms with van der Waals surface area (Å²) in [5.74, 6) is -5.06. The Labute approximate surface area is 392 Å². The highest BCUT2D eigenvalue weighted by Gasteiger charge is 2.49. The Balaban J connectivity index is 0.000000514. The lowest BCUT2D eigenvalue weighted by atomic mass is 9.91. The maximum absolute atomic E-state index is 12.9. The van der Waals surface area contributed by atoms with Crippen LogP contribution >= 0.6 is 0 Å². The number of carbonyl (C=O) groups excluding carboxylic acids is 7. The molecule has 4 heterocycles. The molecule has 4 aliphatic rings. The van der Waals surface area contributed by atoms with Gasteiger partial charge in [-0.25, -0.2) is 28.8 Å². The molecule has 0 spiro atoms. The average molecular weight is 963 g/mol. The van der Waals surface area contributed by atoms with Crippen molar-refractivity contribution >= 4 is 54.3 Å². The van der Waals surface area contributed by atoms with E-state index in [4.69, 9.17) is 54.0 Å². The lowest BCUT2D eigenvalue weighted by molar-refractivity contribution is -0.159. The van der Waals surface area contributed by atoms with E-state index in [9.17, 15) is 33.6 Å². The standard InChI is InChI=1S/C21H36N2O7.C13H21NO5.C8H15NO3.C2H2O4/c1-13-11-15(18(24)27-5)23(20(26)30-21(2,3)4)16(13)12-22-17(19(25)28-6)14-7-9-29-10-8-14;1-8-6-9(11(16)18-5)14(10(8)7-15)12(17)19-13(2,3)4;1-11-8(10)7(9)6-2-4-12-5-3-6;3-1(4)2(5)6/h13-17,22H,7-12H2,1-6H3;7-10H,6H2,1-5H3;6-7H,2-5,9H2,1H3;(H,3,4)(H,5,6)/t13-,15+,16-,17-;8-,9+,10-;;/m11../s1. The lowest BCUT2D eigenvalue weighted by Crippen LogP contribution is -2.54. The molecule has 8 atom stereocenters. The number of esters is 4. The van der Waals surface area contributed by atoms with Gasteiger partial charge in [-0.1, -0.05) is 13.8 Å². The first kappa shape index (κ1) is 59.9. The average Bonchev–Trinajstić information content (AvgIpc) is 3.80. The fourth-order valence-electron chi connectivity index (χ4n) is 7.82. The number of carboxylic acids is 2. The number of rotatable bonds is 10. The monoisotopic (exact) mass is 962 g/mol. The summed E-state index contributed by atoms with van der Waals surface area (Å²) in [6.07, 6.45) is 3.55. The molecule has 0 aliphatic carbocycles. The third kappa shape index (κ3) is 19.6. The zero-order valence-electron chi connectivity index (χ0n) is 40.9. The minimum absolute atomic E-state index is 0.0158. The van der Waals surface area contributed by atoms with Crippen LogP contribution < -0.4 is 11.1 Å². The van der Waals surface area contributed by atoms with Gasteiger partial charge in [0, 0.05) is 33.0 Å². The number of aldehydes is 1. The zero-order chi connectivity index (χ0) is 51.4. The quantitative estimate of drug-likeness (QED) is 0.106. The van der Waals surface area contributed by atoms with Crippen molar-refractivity contribution < 1.29 is 91.3 Å². The Morgan fingerprint density at radius 1 is 0.657 bits per heavy atom. The van der Waals surface area contributed by atoms with Crippen molar-refractivity contribution in [3.05, 3.63) is 0 Å². The summed E-state index contributed by atoms with van der Waals surface area (Å²) >= 11 is 0. The van der Waals surface area contributed by atoms with Gasteiger partial charge in [0.15, 0.2) is 0 Å². The number of methoxy groups -OCH3 is 4. The molecule has 23 heteroatoms. The fourth-order valence-corrected chi connectivity index (χ4v) is 7.82. The van der Waals surface area contributed by atoms with Crippen molar-refractivity contribution in [1.29, 1.82) is 0 Å². The molecule has 0 bridgehead atoms. The molecule has 384 valence electrons. The number of nitrogens with two attached hydrogens (primary N) is 1. The summed E-state index contributed by atoms with van der Waals surface area (Å²) in [5.41, 5.74) is 4.29. The van der Waals surface area contributed by atoms with Crippen LogP contribution in [0.2, 0.25) is 0 Å². The summed E-state index contributed by atoms with van der Waals surface area (Å²) in [7, 11) is 5.30. The summed E-state index contributed by atoms with van der Waals surface area (Å²) < 4.78 is 40.5. The van der Waals surface area contributed by atoms with E-state index in [-0.39, 0.29) is 41.7 Å². The third-order valence-corrected chi connectivity index (χ3v) is 11.2. The van der Waals surface area contributed by atoms with Gasteiger partial charge in [-0.05, 0) is 104 Å². The summed E-state index contributed by atoms with van der Waals surface area (Å²) in [6.45, 7) is 17.3. The number of carbonyl (C=O) groups is 9. The van der Waals surface area contributed by atoms with Crippen molar-refractivity contribution in [2.75, 3.05) is 61.4 Å². The van der Waals surface area contributed by atoms with Crippen LogP contribution in [0.25, 0.3) is 0 Å². The van der Waals surface area contributed by atoms with Gasteiger partial charge in [0.25, 0.3) is 0 Å². The van der Waals surface area contributed by atoms with E-state index in [0.29, 0.717) is 52.1 Å². The molecule has 0 saturated carbocycles. The SMILES string of the molecule is COC(=O)C(N)C1CCOCC1.COC(=O)[C@@H]1C[C@@H](C)[C@@H](C=O)N1C(=O)OC(C)(C)C.COC(=O)[C@H](NC[C@@H]1[C@H](C)C[C@@H](C(=O)OC)N1C(=O)OC(C)(C)C)C1CCOCC1.O=C(O)C(=O)O. The minimum atomic E-state index is -1.82. The summed E-state index contributed by atoms with van der Waals surface area (Å²) in [6, 6.07) is -3.42. The van der Waals surface area contributed by atoms with Crippen LogP contribution in [0, 0.1) is 23.7 Å². The second-order valence-electron chi connectivity index (χ2n) is 18.4. The largest absolute Gasteiger partial charge is 0.473 e. The van der Waals surface area contributed by atoms with Gasteiger partial charge in [0.05, 0.1) is 40.5 Å². The highest BCUT2D eigenvalue weighted by atomic mass is 16.6. The smallest absolute Gasteiger partial charge is 0.414 e. The molecule has 4 fully saturated rings. The Hall–Kier alpha value is -5.13. The summed E-state index contributed by atoms with van der Waals surface area (Å²) in [5, 5.41) is 18.1. The molecule has 5 N–H and O–H groups in total. The fraction of sp³-hybridized carbons (Fsp3) is 0.795. The predicted octanol–water partition coefficient (Wildman–Crippen LogP) is 2.17. The number of nitrogens with one attached hydrogen (secondary N) is 1. The Bertz CT molecular complexity index is 1640. The van der Waals surface area contributed by atoms with Crippen molar-refractivity contribution in [2.45, 2.75) is 141 Å². The molecule has 0 aromatic rings. The molecular weight excluding hydrogens is 888 g/mol. The van der Waals surface area contributed by atoms with Gasteiger partial charge >= 0.3 is 48.0 Å². The van der Waals surface area contributed by atoms with Crippen LogP contribution in [0.1, 0.15) is 93.9 Å². The Morgan fingerprint density at radius 3 is 1.45 bits per heavy atom. The van der Waals surface area contributed by atoms with E-state index in [1.807, 2.05) is 13.8 Å². The van der Waals surface area contributed by atoms with Crippen LogP contribution in [-0.4, -0.2) is 183 Å². The number of ether oxygens (including phenoxy) is 8. The number of hydrogen-bond acceptors (Lipinski definition) is 19. The molecule has 0 radical (unpaired) electrons. The second kappa shape index (κ2) is 28.3. The third-order valence-electron chi connectivity index (χ3n) is 11.2. The van der Waals surface area contributed by atoms with Gasteiger partial charge < -0.3 is 64.0 Å². The molecule has 4 saturated heterocycles. The van der Waals surface area contributed by atoms with Crippen LogP contribution in [-0.2, 0) is 71.5 Å². The van der Waals surface area contributed by atoms with E-state index in [2.05, 4.69) is 14.8 Å². The van der Waals surface area contributed by atoms with E-state index in [0.717, 1.165) is 25.7 Å². The van der Waals surface area contributed by atoms with Gasteiger partial charge in [0.2, 0.25) is 0 Å². The molecule has 1 unspecified atom stereocenters. The van der Waals surface area contributed by atoms with Crippen LogP contribution in [0.5, 0.6) is 0 Å². The van der Waals surface area contributed by atoms with Gasteiger partial charge in [-0.2, -0.15) is 0 Å². The van der Waals surface area contributed by atoms with E-state index in [1.165, 1.54) is 38.2 Å². The number of aliphatic carboxylic acids is 2. The van der Waals surface area contributed by atoms with Gasteiger partial charge in [0.1, 0.15) is 41.7 Å². The van der Waals surface area contributed by atoms with Crippen molar-refractivity contribution in [1.82, 2.24) is 15.1 Å². The molecule has 4 rings (SSSR count). The highest BCUT2D eigenvalue weighted by molar-refractivity contribution is 6.27. The topological polar surface area (TPSA) is 312 Å². The first-order valence-electron chi connectivity index (χ1n) is 22.1. The van der Waals surface area contributed by atoms with Crippen molar-refractivity contribution in [3.63, 3.8) is 0 Å². The second-order valence-corrected chi connectivity index (χ2v) is 18.4. The van der Waals surface area contributed by atoms with Crippen molar-refractivity contribution in [3.8, 4) is 0 Å².